The lowest BCUT2D eigenvalue weighted by atomic mass is 10.2. The molecule has 94 valence electrons. The molecule has 0 spiro atoms. The van der Waals surface area contributed by atoms with Crippen molar-refractivity contribution in [2.75, 3.05) is 0 Å². The molecular weight excluding hydrogens is 260 g/mol. The SMILES string of the molecule is Cc1cccc2nc(C(=O)CC(=O)C(F)F)sc12. The second kappa shape index (κ2) is 4.89. The molecule has 0 saturated carbocycles. The Morgan fingerprint density at radius 3 is 2.72 bits per heavy atom. The minimum atomic E-state index is -3.11. The zero-order valence-electron chi connectivity index (χ0n) is 9.44. The fourth-order valence-electron chi connectivity index (χ4n) is 1.52. The van der Waals surface area contributed by atoms with Gasteiger partial charge in [0.15, 0.2) is 10.8 Å². The number of hydrogen-bond acceptors (Lipinski definition) is 4. The third-order valence-electron chi connectivity index (χ3n) is 2.43. The number of aryl methyl sites for hydroxylation is 1. The van der Waals surface area contributed by atoms with E-state index < -0.39 is 24.4 Å². The normalized spacial score (nSPS) is 11.1. The van der Waals surface area contributed by atoms with E-state index in [1.54, 1.807) is 12.1 Å². The largest absolute Gasteiger partial charge is 0.296 e. The lowest BCUT2D eigenvalue weighted by molar-refractivity contribution is -0.128. The van der Waals surface area contributed by atoms with Gasteiger partial charge in [0, 0.05) is 0 Å². The van der Waals surface area contributed by atoms with Gasteiger partial charge in [-0.15, -0.1) is 11.3 Å². The number of nitrogens with zero attached hydrogens (tertiary/aromatic N) is 1. The van der Waals surface area contributed by atoms with E-state index >= 15 is 0 Å². The van der Waals surface area contributed by atoms with E-state index in [0.29, 0.717) is 5.52 Å². The first-order valence-corrected chi connectivity index (χ1v) is 6.01. The number of halogens is 2. The summed E-state index contributed by atoms with van der Waals surface area (Å²) in [5.41, 5.74) is 1.61. The summed E-state index contributed by atoms with van der Waals surface area (Å²) in [6.07, 6.45) is -3.90. The van der Waals surface area contributed by atoms with Crippen LogP contribution in [-0.4, -0.2) is 23.0 Å². The Labute approximate surface area is 105 Å². The van der Waals surface area contributed by atoms with Crippen molar-refractivity contribution in [3.63, 3.8) is 0 Å². The van der Waals surface area contributed by atoms with Crippen molar-refractivity contribution in [3.05, 3.63) is 28.8 Å². The number of ketones is 2. The molecule has 0 bridgehead atoms. The molecule has 3 nitrogen and oxygen atoms in total. The first-order chi connectivity index (χ1) is 8.49. The van der Waals surface area contributed by atoms with Crippen molar-refractivity contribution in [1.29, 1.82) is 0 Å². The van der Waals surface area contributed by atoms with Crippen LogP contribution in [0.2, 0.25) is 0 Å². The molecule has 0 aliphatic heterocycles. The van der Waals surface area contributed by atoms with Gasteiger partial charge in [0.2, 0.25) is 5.78 Å². The summed E-state index contributed by atoms with van der Waals surface area (Å²) < 4.78 is 24.9. The number of rotatable bonds is 4. The molecule has 0 unspecified atom stereocenters. The number of alkyl halides is 2. The lowest BCUT2D eigenvalue weighted by Crippen LogP contribution is -2.15. The van der Waals surface area contributed by atoms with Crippen molar-refractivity contribution in [1.82, 2.24) is 4.98 Å². The third kappa shape index (κ3) is 2.43. The monoisotopic (exact) mass is 269 g/mol. The molecule has 0 fully saturated rings. The van der Waals surface area contributed by atoms with Gasteiger partial charge >= 0.3 is 0 Å². The number of thiazole rings is 1. The molecule has 0 atom stereocenters. The number of fused-ring (bicyclic) bond motifs is 1. The molecule has 1 heterocycles. The molecule has 18 heavy (non-hydrogen) atoms. The second-order valence-electron chi connectivity index (χ2n) is 3.81. The molecule has 0 N–H and O–H groups in total. The zero-order valence-corrected chi connectivity index (χ0v) is 10.3. The van der Waals surface area contributed by atoms with Gasteiger partial charge in [-0.2, -0.15) is 0 Å². The molecule has 2 aromatic rings. The summed E-state index contributed by atoms with van der Waals surface area (Å²) in [4.78, 5) is 26.5. The standard InChI is InChI=1S/C12H9F2NO2S/c1-6-3-2-4-7-10(6)18-12(15-7)9(17)5-8(16)11(13)14/h2-4,11H,5H2,1H3. The van der Waals surface area contributed by atoms with Crippen LogP contribution in [0, 0.1) is 6.92 Å². The van der Waals surface area contributed by atoms with Crippen LogP contribution < -0.4 is 0 Å². The van der Waals surface area contributed by atoms with Gasteiger partial charge in [0.1, 0.15) is 0 Å². The van der Waals surface area contributed by atoms with Crippen LogP contribution in [0.1, 0.15) is 21.8 Å². The number of carbonyl (C=O) groups excluding carboxylic acids is 2. The Balaban J connectivity index is 2.29. The van der Waals surface area contributed by atoms with E-state index in [1.807, 2.05) is 13.0 Å². The van der Waals surface area contributed by atoms with E-state index in [1.165, 1.54) is 0 Å². The maximum atomic E-state index is 12.1. The molecule has 2 rings (SSSR count). The van der Waals surface area contributed by atoms with E-state index in [4.69, 9.17) is 0 Å². The van der Waals surface area contributed by atoms with Gasteiger partial charge in [0.05, 0.1) is 16.6 Å². The van der Waals surface area contributed by atoms with Crippen LogP contribution >= 0.6 is 11.3 Å². The minimum Gasteiger partial charge on any atom is -0.293 e. The van der Waals surface area contributed by atoms with E-state index in [0.717, 1.165) is 21.6 Å². The fourth-order valence-corrected chi connectivity index (χ4v) is 2.49. The smallest absolute Gasteiger partial charge is 0.293 e. The maximum absolute atomic E-state index is 12.1. The van der Waals surface area contributed by atoms with Crippen LogP contribution in [0.4, 0.5) is 8.78 Å². The van der Waals surface area contributed by atoms with E-state index in [9.17, 15) is 18.4 Å². The Bertz CT molecular complexity index is 622. The molecule has 1 aromatic carbocycles. The highest BCUT2D eigenvalue weighted by Crippen LogP contribution is 2.26. The van der Waals surface area contributed by atoms with Crippen LogP contribution in [0.15, 0.2) is 18.2 Å². The van der Waals surface area contributed by atoms with Crippen LogP contribution in [-0.2, 0) is 4.79 Å². The number of Topliss-reactive ketones (excluding diaryl/α,β-unsaturated/α-hetero) is 2. The first-order valence-electron chi connectivity index (χ1n) is 5.19. The quantitative estimate of drug-likeness (QED) is 0.633. The van der Waals surface area contributed by atoms with E-state index in [2.05, 4.69) is 4.98 Å². The topological polar surface area (TPSA) is 47.0 Å². The summed E-state index contributed by atoms with van der Waals surface area (Å²) in [6.45, 7) is 1.87. The Morgan fingerprint density at radius 1 is 1.39 bits per heavy atom. The van der Waals surface area contributed by atoms with Crippen molar-refractivity contribution in [2.45, 2.75) is 19.8 Å². The number of hydrogen-bond donors (Lipinski definition) is 0. The van der Waals surface area contributed by atoms with Gasteiger partial charge in [-0.3, -0.25) is 9.59 Å². The lowest BCUT2D eigenvalue weighted by Gasteiger charge is -1.95. The number of aromatic nitrogens is 1. The molecular formula is C12H9F2NO2S. The molecule has 1 aromatic heterocycles. The predicted octanol–water partition coefficient (Wildman–Crippen LogP) is 3.01. The highest BCUT2D eigenvalue weighted by molar-refractivity contribution is 7.20. The Kier molecular flexibility index (Phi) is 3.47. The second-order valence-corrected chi connectivity index (χ2v) is 4.81. The van der Waals surface area contributed by atoms with Crippen LogP contribution in [0.3, 0.4) is 0 Å². The summed E-state index contributed by atoms with van der Waals surface area (Å²) >= 11 is 1.13. The highest BCUT2D eigenvalue weighted by Gasteiger charge is 2.22. The first kappa shape index (κ1) is 12.8. The molecule has 0 aliphatic rings. The van der Waals surface area contributed by atoms with Gasteiger partial charge in [-0.1, -0.05) is 12.1 Å². The highest BCUT2D eigenvalue weighted by atomic mass is 32.1. The zero-order chi connectivity index (χ0) is 13.3. The van der Waals surface area contributed by atoms with E-state index in [-0.39, 0.29) is 5.01 Å². The number of carbonyl (C=O) groups is 2. The summed E-state index contributed by atoms with van der Waals surface area (Å²) in [7, 11) is 0. The van der Waals surface area contributed by atoms with Crippen LogP contribution in [0.5, 0.6) is 0 Å². The summed E-state index contributed by atoms with van der Waals surface area (Å²) in [5, 5.41) is 0.105. The van der Waals surface area contributed by atoms with Crippen molar-refractivity contribution < 1.29 is 18.4 Å². The third-order valence-corrected chi connectivity index (χ3v) is 3.68. The van der Waals surface area contributed by atoms with Gasteiger partial charge < -0.3 is 0 Å². The molecule has 6 heteroatoms. The van der Waals surface area contributed by atoms with Gasteiger partial charge in [-0.25, -0.2) is 13.8 Å². The van der Waals surface area contributed by atoms with Gasteiger partial charge in [0.25, 0.3) is 6.43 Å². The Hall–Kier alpha value is -1.69. The predicted molar refractivity (Wildman–Crippen MR) is 64.3 cm³/mol. The average Bonchev–Trinajstić information content (AvgIpc) is 2.74. The summed E-state index contributed by atoms with van der Waals surface area (Å²) in [6, 6.07) is 5.42. The maximum Gasteiger partial charge on any atom is 0.296 e. The Morgan fingerprint density at radius 2 is 2.11 bits per heavy atom. The van der Waals surface area contributed by atoms with Crippen LogP contribution in [0.25, 0.3) is 10.2 Å². The van der Waals surface area contributed by atoms with Crippen molar-refractivity contribution in [3.8, 4) is 0 Å². The molecule has 0 aliphatic carbocycles. The molecule has 0 saturated heterocycles. The van der Waals surface area contributed by atoms with Crippen molar-refractivity contribution in [2.24, 2.45) is 0 Å². The average molecular weight is 269 g/mol. The molecule has 0 amide bonds. The van der Waals surface area contributed by atoms with Gasteiger partial charge in [-0.05, 0) is 18.6 Å². The fraction of sp³-hybridized carbons (Fsp3) is 0.250. The summed E-state index contributed by atoms with van der Waals surface area (Å²) in [5.74, 6) is -2.02. The molecule has 0 radical (unpaired) electrons. The van der Waals surface area contributed by atoms with Crippen molar-refractivity contribution >= 4 is 33.1 Å². The number of benzene rings is 1. The minimum absolute atomic E-state index is 0.105.